The summed E-state index contributed by atoms with van der Waals surface area (Å²) in [5.74, 6) is -0.274. The number of fused-ring (bicyclic) bond motifs is 1. The summed E-state index contributed by atoms with van der Waals surface area (Å²) in [6.45, 7) is 0.113. The fourth-order valence-corrected chi connectivity index (χ4v) is 2.74. The van der Waals surface area contributed by atoms with E-state index < -0.39 is 10.0 Å². The van der Waals surface area contributed by atoms with Gasteiger partial charge in [-0.1, -0.05) is 18.2 Å². The molecule has 1 aromatic rings. The molecule has 6 nitrogen and oxygen atoms in total. The number of benzene rings is 1. The maximum Gasteiger partial charge on any atom is 0.242 e. The van der Waals surface area contributed by atoms with Crippen molar-refractivity contribution in [2.75, 3.05) is 24.7 Å². The third kappa shape index (κ3) is 3.71. The van der Waals surface area contributed by atoms with Gasteiger partial charge in [-0.3, -0.25) is 4.79 Å². The molecule has 0 bridgehead atoms. The molecule has 2 rings (SSSR count). The van der Waals surface area contributed by atoms with E-state index in [-0.39, 0.29) is 24.2 Å². The third-order valence-electron chi connectivity index (χ3n) is 3.35. The highest BCUT2D eigenvalue weighted by molar-refractivity contribution is 7.89. The molecule has 0 aromatic heterocycles. The van der Waals surface area contributed by atoms with E-state index >= 15 is 0 Å². The van der Waals surface area contributed by atoms with Gasteiger partial charge in [-0.25, -0.2) is 13.1 Å². The zero-order chi connectivity index (χ0) is 14.6. The van der Waals surface area contributed by atoms with Crippen LogP contribution in [0.5, 0.6) is 0 Å². The van der Waals surface area contributed by atoms with Gasteiger partial charge < -0.3 is 10.6 Å². The molecule has 110 valence electrons. The normalized spacial score (nSPS) is 17.9. The van der Waals surface area contributed by atoms with E-state index in [0.29, 0.717) is 6.42 Å². The van der Waals surface area contributed by atoms with Crippen LogP contribution in [0.1, 0.15) is 12.0 Å². The third-order valence-corrected chi connectivity index (χ3v) is 4.71. The fourth-order valence-electron chi connectivity index (χ4n) is 2.17. The van der Waals surface area contributed by atoms with E-state index in [1.165, 1.54) is 12.6 Å². The summed E-state index contributed by atoms with van der Waals surface area (Å²) in [5.41, 5.74) is 2.18. The smallest absolute Gasteiger partial charge is 0.242 e. The molecule has 1 heterocycles. The predicted molar refractivity (Wildman–Crippen MR) is 78.0 cm³/mol. The van der Waals surface area contributed by atoms with Crippen molar-refractivity contribution in [3.63, 3.8) is 0 Å². The minimum atomic E-state index is -3.28. The molecule has 1 aliphatic rings. The van der Waals surface area contributed by atoms with Crippen LogP contribution in [0.2, 0.25) is 0 Å². The van der Waals surface area contributed by atoms with E-state index in [2.05, 4.69) is 15.4 Å². The molecular weight excluding hydrogens is 278 g/mol. The average Bonchev–Trinajstić information content (AvgIpc) is 2.46. The van der Waals surface area contributed by atoms with Crippen LogP contribution >= 0.6 is 0 Å². The van der Waals surface area contributed by atoms with Gasteiger partial charge in [-0.15, -0.1) is 0 Å². The lowest BCUT2D eigenvalue weighted by atomic mass is 9.98. The van der Waals surface area contributed by atoms with Gasteiger partial charge in [0.25, 0.3) is 0 Å². The minimum absolute atomic E-state index is 0.113. The quantitative estimate of drug-likeness (QED) is 0.718. The Bertz CT molecular complexity index is 586. The highest BCUT2D eigenvalue weighted by Gasteiger charge is 2.23. The molecule has 1 aromatic carbocycles. The second-order valence-corrected chi connectivity index (χ2v) is 6.75. The lowest BCUT2D eigenvalue weighted by molar-refractivity contribution is -0.121. The lowest BCUT2D eigenvalue weighted by Crippen LogP contribution is -2.43. The minimum Gasteiger partial charge on any atom is -0.373 e. The number of sulfonamides is 1. The van der Waals surface area contributed by atoms with Gasteiger partial charge in [0.15, 0.2) is 0 Å². The monoisotopic (exact) mass is 297 g/mol. The Balaban J connectivity index is 1.86. The zero-order valence-electron chi connectivity index (χ0n) is 11.3. The number of amides is 1. The number of para-hydroxylation sites is 1. The number of nitrogens with one attached hydrogen (secondary N) is 3. The van der Waals surface area contributed by atoms with E-state index in [1.807, 2.05) is 24.3 Å². The molecule has 0 radical (unpaired) electrons. The summed E-state index contributed by atoms with van der Waals surface area (Å²) in [6.07, 6.45) is 1.55. The summed E-state index contributed by atoms with van der Waals surface area (Å²) < 4.78 is 24.7. The largest absolute Gasteiger partial charge is 0.373 e. The Morgan fingerprint density at radius 3 is 2.90 bits per heavy atom. The number of carbonyl (C=O) groups is 1. The number of hydrogen-bond donors (Lipinski definition) is 3. The average molecular weight is 297 g/mol. The van der Waals surface area contributed by atoms with Gasteiger partial charge in [-0.05, 0) is 31.5 Å². The van der Waals surface area contributed by atoms with Crippen LogP contribution < -0.4 is 15.4 Å². The Kier molecular flexibility index (Phi) is 4.61. The van der Waals surface area contributed by atoms with Crippen LogP contribution in [0.15, 0.2) is 24.3 Å². The number of hydrogen-bond acceptors (Lipinski definition) is 4. The molecule has 0 saturated heterocycles. The molecule has 0 aliphatic carbocycles. The second kappa shape index (κ2) is 6.23. The molecular formula is C13H19N3O3S. The summed E-state index contributed by atoms with van der Waals surface area (Å²) >= 11 is 0. The Labute approximate surface area is 119 Å². The molecule has 7 heteroatoms. The number of carbonyl (C=O) groups excluding carboxylic acids is 1. The number of rotatable bonds is 5. The molecule has 1 unspecified atom stereocenters. The maximum atomic E-state index is 12.0. The van der Waals surface area contributed by atoms with E-state index in [4.69, 9.17) is 0 Å². The highest BCUT2D eigenvalue weighted by atomic mass is 32.2. The van der Waals surface area contributed by atoms with Gasteiger partial charge in [0.05, 0.1) is 5.75 Å². The summed E-state index contributed by atoms with van der Waals surface area (Å²) in [6, 6.07) is 7.58. The fraction of sp³-hybridized carbons (Fsp3) is 0.462. The van der Waals surface area contributed by atoms with Crippen LogP contribution in [0, 0.1) is 0 Å². The zero-order valence-corrected chi connectivity index (χ0v) is 12.2. The predicted octanol–water partition coefficient (Wildman–Crippen LogP) is 0.0787. The van der Waals surface area contributed by atoms with Crippen molar-refractivity contribution in [2.24, 2.45) is 0 Å². The first-order chi connectivity index (χ1) is 9.52. The van der Waals surface area contributed by atoms with Crippen LogP contribution in [0.25, 0.3) is 0 Å². The van der Waals surface area contributed by atoms with Crippen molar-refractivity contribution in [3.8, 4) is 0 Å². The van der Waals surface area contributed by atoms with E-state index in [1.54, 1.807) is 0 Å². The van der Waals surface area contributed by atoms with Gasteiger partial charge >= 0.3 is 0 Å². The molecule has 20 heavy (non-hydrogen) atoms. The van der Waals surface area contributed by atoms with Crippen molar-refractivity contribution in [1.82, 2.24) is 10.0 Å². The topological polar surface area (TPSA) is 87.3 Å². The number of anilines is 1. The molecule has 0 saturated carbocycles. The first-order valence-corrected chi connectivity index (χ1v) is 8.20. The van der Waals surface area contributed by atoms with Crippen LogP contribution in [0.4, 0.5) is 5.69 Å². The van der Waals surface area contributed by atoms with Crippen LogP contribution in [-0.4, -0.2) is 39.7 Å². The summed E-state index contributed by atoms with van der Waals surface area (Å²) in [4.78, 5) is 12.0. The van der Waals surface area contributed by atoms with Crippen molar-refractivity contribution in [2.45, 2.75) is 18.9 Å². The van der Waals surface area contributed by atoms with Gasteiger partial charge in [0, 0.05) is 12.2 Å². The van der Waals surface area contributed by atoms with Crippen LogP contribution in [-0.2, 0) is 21.2 Å². The molecule has 1 atom stereocenters. The molecule has 1 aliphatic heterocycles. The standard InChI is InChI=1S/C13H19N3O3S/c1-14-20(18,19)9-8-15-13(17)12-7-6-10-4-2-3-5-11(10)16-12/h2-5,12,14,16H,6-9H2,1H3,(H,15,17). The van der Waals surface area contributed by atoms with Gasteiger partial charge in [0.1, 0.15) is 6.04 Å². The Hall–Kier alpha value is -1.60. The lowest BCUT2D eigenvalue weighted by Gasteiger charge is -2.26. The van der Waals surface area contributed by atoms with Crippen molar-refractivity contribution < 1.29 is 13.2 Å². The maximum absolute atomic E-state index is 12.0. The highest BCUT2D eigenvalue weighted by Crippen LogP contribution is 2.24. The summed E-state index contributed by atoms with van der Waals surface area (Å²) in [5, 5.41) is 5.83. The first-order valence-electron chi connectivity index (χ1n) is 6.55. The van der Waals surface area contributed by atoms with Crippen molar-refractivity contribution in [3.05, 3.63) is 29.8 Å². The SMILES string of the molecule is CNS(=O)(=O)CCNC(=O)C1CCc2ccccc2N1. The molecule has 0 spiro atoms. The molecule has 1 amide bonds. The Morgan fingerprint density at radius 1 is 1.40 bits per heavy atom. The van der Waals surface area contributed by atoms with Crippen molar-refractivity contribution in [1.29, 1.82) is 0 Å². The molecule has 3 N–H and O–H groups in total. The number of aryl methyl sites for hydroxylation is 1. The van der Waals surface area contributed by atoms with E-state index in [0.717, 1.165) is 12.1 Å². The second-order valence-electron chi connectivity index (χ2n) is 4.71. The first kappa shape index (κ1) is 14.8. The van der Waals surface area contributed by atoms with Gasteiger partial charge in [0.2, 0.25) is 15.9 Å². The van der Waals surface area contributed by atoms with Crippen LogP contribution in [0.3, 0.4) is 0 Å². The van der Waals surface area contributed by atoms with E-state index in [9.17, 15) is 13.2 Å². The van der Waals surface area contributed by atoms with Gasteiger partial charge in [-0.2, -0.15) is 0 Å². The summed E-state index contributed by atoms with van der Waals surface area (Å²) in [7, 11) is -1.92. The molecule has 0 fully saturated rings. The Morgan fingerprint density at radius 2 is 2.15 bits per heavy atom. The van der Waals surface area contributed by atoms with Crippen molar-refractivity contribution >= 4 is 21.6 Å².